The second-order valence-corrected chi connectivity index (χ2v) is 6.13. The number of rotatable bonds is 3. The molecule has 0 saturated heterocycles. The predicted molar refractivity (Wildman–Crippen MR) is 85.6 cm³/mol. The molecule has 2 rings (SSSR count). The van der Waals surface area contributed by atoms with Crippen LogP contribution in [0.15, 0.2) is 24.3 Å². The lowest BCUT2D eigenvalue weighted by Crippen LogP contribution is -2.27. The van der Waals surface area contributed by atoms with E-state index in [0.29, 0.717) is 16.9 Å². The zero-order chi connectivity index (χ0) is 17.2. The third-order valence-electron chi connectivity index (χ3n) is 2.98. The number of carboxylic acids is 1. The Hall–Kier alpha value is -2.83. The number of carbonyl (C=O) groups is 2. The minimum absolute atomic E-state index is 0.00206. The van der Waals surface area contributed by atoms with Gasteiger partial charge in [-0.3, -0.25) is 10.4 Å². The van der Waals surface area contributed by atoms with Gasteiger partial charge in [-0.1, -0.05) is 12.1 Å². The van der Waals surface area contributed by atoms with Gasteiger partial charge in [0.2, 0.25) is 0 Å². The summed E-state index contributed by atoms with van der Waals surface area (Å²) in [7, 11) is 0. The summed E-state index contributed by atoms with van der Waals surface area (Å²) >= 11 is 0. The third kappa shape index (κ3) is 4.32. The molecule has 0 fully saturated rings. The number of aromatic nitrogens is 2. The fraction of sp³-hybridized carbons (Fsp3) is 0.312. The smallest absolute Gasteiger partial charge is 0.412 e. The highest BCUT2D eigenvalue weighted by Gasteiger charge is 2.17. The number of aromatic amines is 1. The molecule has 0 unspecified atom stereocenters. The largest absolute Gasteiger partial charge is 0.477 e. The number of H-pyrrole nitrogens is 1. The van der Waals surface area contributed by atoms with Crippen LogP contribution in [0.3, 0.4) is 0 Å². The number of nitrogens with zero attached hydrogens (tertiary/aromatic N) is 1. The van der Waals surface area contributed by atoms with E-state index in [1.807, 2.05) is 13.0 Å². The third-order valence-corrected chi connectivity index (χ3v) is 2.98. The maximum atomic E-state index is 11.9. The van der Waals surface area contributed by atoms with Crippen molar-refractivity contribution >= 4 is 17.7 Å². The SMILES string of the molecule is Cc1ccc(-c2cc(C(=O)O)[nH]n2)cc1NC(=O)OC(C)(C)C. The van der Waals surface area contributed by atoms with E-state index >= 15 is 0 Å². The molecule has 0 bridgehead atoms. The Bertz CT molecular complexity index is 744. The normalized spacial score (nSPS) is 11.1. The molecule has 7 heteroatoms. The first-order chi connectivity index (χ1) is 10.7. The zero-order valence-corrected chi connectivity index (χ0v) is 13.4. The van der Waals surface area contributed by atoms with Crippen LogP contribution >= 0.6 is 0 Å². The Morgan fingerprint density at radius 1 is 1.26 bits per heavy atom. The number of aryl methyl sites for hydroxylation is 1. The van der Waals surface area contributed by atoms with E-state index in [4.69, 9.17) is 9.84 Å². The van der Waals surface area contributed by atoms with Crippen LogP contribution in [0.2, 0.25) is 0 Å². The maximum absolute atomic E-state index is 11.9. The summed E-state index contributed by atoms with van der Waals surface area (Å²) < 4.78 is 5.23. The molecular formula is C16H19N3O4. The molecule has 3 N–H and O–H groups in total. The molecule has 1 heterocycles. The van der Waals surface area contributed by atoms with Gasteiger partial charge in [0.05, 0.1) is 5.69 Å². The molecule has 0 aliphatic carbocycles. The molecule has 2 aromatic rings. The van der Waals surface area contributed by atoms with E-state index in [-0.39, 0.29) is 5.69 Å². The van der Waals surface area contributed by atoms with Crippen molar-refractivity contribution in [2.45, 2.75) is 33.3 Å². The van der Waals surface area contributed by atoms with Crippen molar-refractivity contribution in [2.75, 3.05) is 5.32 Å². The van der Waals surface area contributed by atoms with Gasteiger partial charge in [-0.15, -0.1) is 0 Å². The Balaban J connectivity index is 2.24. The number of hydrogen-bond donors (Lipinski definition) is 3. The minimum Gasteiger partial charge on any atom is -0.477 e. The monoisotopic (exact) mass is 317 g/mol. The van der Waals surface area contributed by atoms with Crippen molar-refractivity contribution in [1.82, 2.24) is 10.2 Å². The molecule has 0 radical (unpaired) electrons. The quantitative estimate of drug-likeness (QED) is 0.804. The lowest BCUT2D eigenvalue weighted by Gasteiger charge is -2.20. The van der Waals surface area contributed by atoms with E-state index in [1.54, 1.807) is 32.9 Å². The molecular weight excluding hydrogens is 298 g/mol. The van der Waals surface area contributed by atoms with E-state index in [0.717, 1.165) is 5.56 Å². The number of ether oxygens (including phenoxy) is 1. The number of carboxylic acid groups (broad SMARTS) is 1. The molecule has 0 spiro atoms. The van der Waals surface area contributed by atoms with Crippen LogP contribution in [0.5, 0.6) is 0 Å². The first kappa shape index (κ1) is 16.5. The van der Waals surface area contributed by atoms with E-state index in [2.05, 4.69) is 15.5 Å². The fourth-order valence-corrected chi connectivity index (χ4v) is 1.91. The molecule has 0 saturated carbocycles. The maximum Gasteiger partial charge on any atom is 0.412 e. The van der Waals surface area contributed by atoms with Crippen molar-refractivity contribution in [3.8, 4) is 11.3 Å². The van der Waals surface area contributed by atoms with Crippen LogP contribution < -0.4 is 5.32 Å². The molecule has 1 aromatic heterocycles. The molecule has 0 atom stereocenters. The molecule has 0 aliphatic heterocycles. The van der Waals surface area contributed by atoms with E-state index in [1.165, 1.54) is 6.07 Å². The van der Waals surface area contributed by atoms with Gasteiger partial charge in [-0.2, -0.15) is 5.10 Å². The molecule has 23 heavy (non-hydrogen) atoms. The summed E-state index contributed by atoms with van der Waals surface area (Å²) in [4.78, 5) is 22.8. The van der Waals surface area contributed by atoms with Gasteiger partial charge in [0.15, 0.2) is 0 Å². The number of hydrogen-bond acceptors (Lipinski definition) is 4. The van der Waals surface area contributed by atoms with Gasteiger partial charge in [0.25, 0.3) is 0 Å². The highest BCUT2D eigenvalue weighted by Crippen LogP contribution is 2.25. The summed E-state index contributed by atoms with van der Waals surface area (Å²) in [5.74, 6) is -1.08. The second kappa shape index (κ2) is 6.12. The summed E-state index contributed by atoms with van der Waals surface area (Å²) in [6, 6.07) is 6.78. The Kier molecular flexibility index (Phi) is 4.40. The predicted octanol–water partition coefficient (Wildman–Crippen LogP) is 3.43. The van der Waals surface area contributed by atoms with Crippen LogP contribution in [-0.4, -0.2) is 33.0 Å². The van der Waals surface area contributed by atoms with Crippen LogP contribution in [0.25, 0.3) is 11.3 Å². The summed E-state index contributed by atoms with van der Waals surface area (Å²) in [6.45, 7) is 7.21. The lowest BCUT2D eigenvalue weighted by molar-refractivity contribution is 0.0633. The van der Waals surface area contributed by atoms with E-state index in [9.17, 15) is 9.59 Å². The van der Waals surface area contributed by atoms with Crippen LogP contribution in [0.1, 0.15) is 36.8 Å². The lowest BCUT2D eigenvalue weighted by atomic mass is 10.1. The standard InChI is InChI=1S/C16H19N3O4/c1-9-5-6-10(12-8-13(14(20)21)19-18-12)7-11(9)17-15(22)23-16(2,3)4/h5-8H,1-4H3,(H,17,22)(H,18,19)(H,20,21). The van der Waals surface area contributed by atoms with Crippen molar-refractivity contribution in [1.29, 1.82) is 0 Å². The molecule has 0 aliphatic rings. The zero-order valence-electron chi connectivity index (χ0n) is 13.4. The van der Waals surface area contributed by atoms with E-state index < -0.39 is 17.7 Å². The Labute approximate surface area is 133 Å². The van der Waals surface area contributed by atoms with Crippen molar-refractivity contribution in [3.05, 3.63) is 35.5 Å². The summed E-state index contributed by atoms with van der Waals surface area (Å²) in [6.07, 6.45) is -0.550. The van der Waals surface area contributed by atoms with Crippen molar-refractivity contribution in [3.63, 3.8) is 0 Å². The van der Waals surface area contributed by atoms with Gasteiger partial charge in [0, 0.05) is 11.3 Å². The first-order valence-corrected chi connectivity index (χ1v) is 7.05. The van der Waals surface area contributed by atoms with Gasteiger partial charge >= 0.3 is 12.1 Å². The first-order valence-electron chi connectivity index (χ1n) is 7.05. The topological polar surface area (TPSA) is 104 Å². The second-order valence-electron chi connectivity index (χ2n) is 6.13. The minimum atomic E-state index is -1.08. The van der Waals surface area contributed by atoms with Crippen LogP contribution in [-0.2, 0) is 4.74 Å². The van der Waals surface area contributed by atoms with Crippen molar-refractivity contribution in [2.24, 2.45) is 0 Å². The summed E-state index contributed by atoms with van der Waals surface area (Å²) in [5.41, 5.74) is 2.02. The molecule has 1 amide bonds. The van der Waals surface area contributed by atoms with Gasteiger partial charge in [-0.25, -0.2) is 9.59 Å². The number of carbonyl (C=O) groups excluding carboxylic acids is 1. The average molecular weight is 317 g/mol. The average Bonchev–Trinajstić information content (AvgIpc) is 2.89. The highest BCUT2D eigenvalue weighted by molar-refractivity contribution is 5.89. The van der Waals surface area contributed by atoms with Gasteiger partial charge < -0.3 is 9.84 Å². The highest BCUT2D eigenvalue weighted by atomic mass is 16.6. The van der Waals surface area contributed by atoms with Gasteiger partial charge in [-0.05, 0) is 45.4 Å². The number of anilines is 1. The summed E-state index contributed by atoms with van der Waals surface area (Å²) in [5, 5.41) is 18.0. The van der Waals surface area contributed by atoms with Crippen molar-refractivity contribution < 1.29 is 19.4 Å². The Morgan fingerprint density at radius 3 is 2.52 bits per heavy atom. The number of nitrogens with one attached hydrogen (secondary N) is 2. The number of benzene rings is 1. The molecule has 122 valence electrons. The number of amides is 1. The number of aromatic carboxylic acids is 1. The van der Waals surface area contributed by atoms with Crippen LogP contribution in [0.4, 0.5) is 10.5 Å². The Morgan fingerprint density at radius 2 is 1.96 bits per heavy atom. The molecule has 1 aromatic carbocycles. The van der Waals surface area contributed by atoms with Crippen LogP contribution in [0, 0.1) is 6.92 Å². The fourth-order valence-electron chi connectivity index (χ4n) is 1.91. The molecule has 7 nitrogen and oxygen atoms in total. The van der Waals surface area contributed by atoms with Gasteiger partial charge in [0.1, 0.15) is 11.3 Å².